The number of hydrogen-bond acceptors (Lipinski definition) is 3. The predicted molar refractivity (Wildman–Crippen MR) is 36.4 cm³/mol. The van der Waals surface area contributed by atoms with Crippen molar-refractivity contribution in [2.75, 3.05) is 26.3 Å². The van der Waals surface area contributed by atoms with Crippen molar-refractivity contribution in [2.45, 2.75) is 6.04 Å². The van der Waals surface area contributed by atoms with Gasteiger partial charge in [-0.05, 0) is 0 Å². The van der Waals surface area contributed by atoms with E-state index < -0.39 is 5.41 Å². The maximum absolute atomic E-state index is 8.89. The zero-order chi connectivity index (χ0) is 7.61. The molecule has 0 aromatic heterocycles. The monoisotopic (exact) mass is 145 g/mol. The molecule has 1 unspecified atom stereocenters. The Morgan fingerprint density at radius 2 is 2.10 bits per heavy atom. The van der Waals surface area contributed by atoms with Crippen LogP contribution in [-0.4, -0.2) is 42.6 Å². The lowest BCUT2D eigenvalue weighted by molar-refractivity contribution is 0.0591. The maximum atomic E-state index is 8.89. The van der Waals surface area contributed by atoms with Crippen LogP contribution in [0.2, 0.25) is 0 Å². The molecule has 0 spiro atoms. The molecule has 1 aliphatic heterocycles. The minimum absolute atomic E-state index is 0.0752. The standard InChI is InChI=1S/C6H13N2O2/c7-5-1-8-2-6(5,3-9)4-10/h5,9-10H,1-4,7H2. The van der Waals surface area contributed by atoms with E-state index in [-0.39, 0.29) is 19.3 Å². The first-order valence-electron chi connectivity index (χ1n) is 3.36. The number of aliphatic hydroxyl groups excluding tert-OH is 2. The molecule has 0 saturated carbocycles. The van der Waals surface area contributed by atoms with Gasteiger partial charge in [0.15, 0.2) is 0 Å². The molecule has 4 heteroatoms. The zero-order valence-electron chi connectivity index (χ0n) is 5.82. The highest BCUT2D eigenvalue weighted by Gasteiger charge is 2.40. The number of nitrogens with two attached hydrogens (primary N) is 1. The van der Waals surface area contributed by atoms with Gasteiger partial charge in [-0.3, -0.25) is 0 Å². The van der Waals surface area contributed by atoms with Gasteiger partial charge in [0.25, 0.3) is 0 Å². The van der Waals surface area contributed by atoms with Crippen LogP contribution in [0.3, 0.4) is 0 Å². The molecule has 4 N–H and O–H groups in total. The Kier molecular flexibility index (Phi) is 2.25. The van der Waals surface area contributed by atoms with Crippen LogP contribution in [0.1, 0.15) is 0 Å². The molecule has 1 heterocycles. The van der Waals surface area contributed by atoms with Crippen molar-refractivity contribution in [3.63, 3.8) is 0 Å². The van der Waals surface area contributed by atoms with Crippen molar-refractivity contribution in [1.82, 2.24) is 5.32 Å². The smallest absolute Gasteiger partial charge is 0.0537 e. The molecule has 0 aromatic carbocycles. The van der Waals surface area contributed by atoms with E-state index in [9.17, 15) is 0 Å². The molecule has 0 bridgehead atoms. The van der Waals surface area contributed by atoms with E-state index in [0.717, 1.165) is 0 Å². The Hall–Kier alpha value is -0.160. The van der Waals surface area contributed by atoms with Crippen LogP contribution in [0.4, 0.5) is 0 Å². The quantitative estimate of drug-likeness (QED) is 0.416. The average molecular weight is 145 g/mol. The van der Waals surface area contributed by atoms with E-state index in [1.165, 1.54) is 0 Å². The molecule has 1 fully saturated rings. The molecule has 1 saturated heterocycles. The Morgan fingerprint density at radius 3 is 2.30 bits per heavy atom. The Labute approximate surface area is 60.0 Å². The summed E-state index contributed by atoms with van der Waals surface area (Å²) in [7, 11) is 0. The fourth-order valence-electron chi connectivity index (χ4n) is 1.12. The SMILES string of the molecule is NC1C[N]CC1(CO)CO. The summed E-state index contributed by atoms with van der Waals surface area (Å²) >= 11 is 0. The number of nitrogens with zero attached hydrogens (tertiary/aromatic N) is 1. The van der Waals surface area contributed by atoms with E-state index in [0.29, 0.717) is 13.1 Å². The number of rotatable bonds is 2. The van der Waals surface area contributed by atoms with E-state index in [1.54, 1.807) is 0 Å². The van der Waals surface area contributed by atoms with Gasteiger partial charge in [-0.25, -0.2) is 5.32 Å². The van der Waals surface area contributed by atoms with E-state index >= 15 is 0 Å². The second-order valence-corrected chi connectivity index (χ2v) is 2.85. The van der Waals surface area contributed by atoms with Crippen LogP contribution < -0.4 is 11.1 Å². The molecule has 59 valence electrons. The third-order valence-corrected chi connectivity index (χ3v) is 2.17. The van der Waals surface area contributed by atoms with Crippen LogP contribution in [0.5, 0.6) is 0 Å². The minimum atomic E-state index is -0.542. The van der Waals surface area contributed by atoms with Crippen molar-refractivity contribution >= 4 is 0 Å². The highest BCUT2D eigenvalue weighted by Crippen LogP contribution is 2.23. The molecular weight excluding hydrogens is 132 g/mol. The first-order valence-corrected chi connectivity index (χ1v) is 3.36. The molecule has 1 atom stereocenters. The first-order chi connectivity index (χ1) is 4.75. The molecular formula is C6H13N2O2. The summed E-state index contributed by atoms with van der Waals surface area (Å²) in [5, 5.41) is 21.8. The summed E-state index contributed by atoms with van der Waals surface area (Å²) in [6, 6.07) is -0.178. The zero-order valence-corrected chi connectivity index (χ0v) is 5.82. The third-order valence-electron chi connectivity index (χ3n) is 2.17. The van der Waals surface area contributed by atoms with Crippen LogP contribution in [-0.2, 0) is 0 Å². The van der Waals surface area contributed by atoms with Gasteiger partial charge >= 0.3 is 0 Å². The first kappa shape index (κ1) is 7.94. The second kappa shape index (κ2) is 2.84. The van der Waals surface area contributed by atoms with Crippen LogP contribution in [0.25, 0.3) is 0 Å². The van der Waals surface area contributed by atoms with Crippen LogP contribution >= 0.6 is 0 Å². The van der Waals surface area contributed by atoms with Gasteiger partial charge in [-0.1, -0.05) is 0 Å². The van der Waals surface area contributed by atoms with Gasteiger partial charge in [0.1, 0.15) is 0 Å². The lowest BCUT2D eigenvalue weighted by Gasteiger charge is -2.26. The Morgan fingerprint density at radius 1 is 1.50 bits per heavy atom. The van der Waals surface area contributed by atoms with Gasteiger partial charge < -0.3 is 15.9 Å². The van der Waals surface area contributed by atoms with Gasteiger partial charge in [-0.2, -0.15) is 0 Å². The lowest BCUT2D eigenvalue weighted by atomic mass is 9.85. The van der Waals surface area contributed by atoms with Crippen molar-refractivity contribution in [1.29, 1.82) is 0 Å². The van der Waals surface area contributed by atoms with Crippen molar-refractivity contribution in [2.24, 2.45) is 11.1 Å². The molecule has 0 amide bonds. The van der Waals surface area contributed by atoms with Gasteiger partial charge in [0.2, 0.25) is 0 Å². The largest absolute Gasteiger partial charge is 0.396 e. The van der Waals surface area contributed by atoms with Gasteiger partial charge in [0, 0.05) is 24.5 Å². The van der Waals surface area contributed by atoms with Crippen molar-refractivity contribution in [3.05, 3.63) is 0 Å². The van der Waals surface area contributed by atoms with E-state index in [4.69, 9.17) is 15.9 Å². The van der Waals surface area contributed by atoms with Crippen molar-refractivity contribution in [3.8, 4) is 0 Å². The molecule has 10 heavy (non-hydrogen) atoms. The highest BCUT2D eigenvalue weighted by atomic mass is 16.3. The van der Waals surface area contributed by atoms with Gasteiger partial charge in [0.05, 0.1) is 13.2 Å². The summed E-state index contributed by atoms with van der Waals surface area (Å²) in [4.78, 5) is 0. The second-order valence-electron chi connectivity index (χ2n) is 2.85. The normalized spacial score (nSPS) is 30.9. The summed E-state index contributed by atoms with van der Waals surface area (Å²) < 4.78 is 0. The topological polar surface area (TPSA) is 80.6 Å². The summed E-state index contributed by atoms with van der Waals surface area (Å²) in [6.07, 6.45) is 0. The average Bonchev–Trinajstić information content (AvgIpc) is 2.32. The fourth-order valence-corrected chi connectivity index (χ4v) is 1.12. The van der Waals surface area contributed by atoms with Gasteiger partial charge in [-0.15, -0.1) is 0 Å². The summed E-state index contributed by atoms with van der Waals surface area (Å²) in [5.41, 5.74) is 5.08. The highest BCUT2D eigenvalue weighted by molar-refractivity contribution is 4.96. The molecule has 1 rings (SSSR count). The maximum Gasteiger partial charge on any atom is 0.0537 e. The van der Waals surface area contributed by atoms with E-state index in [2.05, 4.69) is 5.32 Å². The minimum Gasteiger partial charge on any atom is -0.396 e. The van der Waals surface area contributed by atoms with Crippen molar-refractivity contribution < 1.29 is 10.2 Å². The predicted octanol–water partition coefficient (Wildman–Crippen LogP) is -2.10. The molecule has 0 aliphatic carbocycles. The Bertz CT molecular complexity index is 114. The van der Waals surface area contributed by atoms with Crippen LogP contribution in [0.15, 0.2) is 0 Å². The summed E-state index contributed by atoms with van der Waals surface area (Å²) in [5.74, 6) is 0. The van der Waals surface area contributed by atoms with E-state index in [1.807, 2.05) is 0 Å². The third kappa shape index (κ3) is 1.03. The lowest BCUT2D eigenvalue weighted by Crippen LogP contribution is -2.46. The summed E-state index contributed by atoms with van der Waals surface area (Å²) in [6.45, 7) is 0.893. The molecule has 1 aliphatic rings. The molecule has 1 radical (unpaired) electrons. The molecule has 0 aromatic rings. The number of hydrogen-bond donors (Lipinski definition) is 3. The molecule has 4 nitrogen and oxygen atoms in total. The fraction of sp³-hybridized carbons (Fsp3) is 1.00. The number of aliphatic hydroxyl groups is 2. The Balaban J connectivity index is 2.61. The van der Waals surface area contributed by atoms with Crippen LogP contribution in [0, 0.1) is 5.41 Å².